The quantitative estimate of drug-likeness (QED) is 0.560. The van der Waals surface area contributed by atoms with Crippen LogP contribution in [0.5, 0.6) is 0 Å². The molecular weight excluding hydrogens is 367 g/mol. The summed E-state index contributed by atoms with van der Waals surface area (Å²) in [5, 5.41) is 11.2. The fourth-order valence-electron chi connectivity index (χ4n) is 3.41. The molecule has 0 aliphatic heterocycles. The number of nitrogens with zero attached hydrogens (tertiary/aromatic N) is 1. The smallest absolute Gasteiger partial charge is 0.249 e. The highest BCUT2D eigenvalue weighted by Gasteiger charge is 2.18. The summed E-state index contributed by atoms with van der Waals surface area (Å²) in [7, 11) is 0. The second kappa shape index (κ2) is 6.68. The predicted molar refractivity (Wildman–Crippen MR) is 103 cm³/mol. The number of rotatable bonds is 4. The highest BCUT2D eigenvalue weighted by atomic mass is 35.5. The van der Waals surface area contributed by atoms with E-state index in [0.29, 0.717) is 43.5 Å². The van der Waals surface area contributed by atoms with E-state index < -0.39 is 11.7 Å². The van der Waals surface area contributed by atoms with Gasteiger partial charge in [0.1, 0.15) is 5.82 Å². The minimum absolute atomic E-state index is 0.156. The molecule has 1 heterocycles. The van der Waals surface area contributed by atoms with E-state index in [4.69, 9.17) is 17.3 Å². The van der Waals surface area contributed by atoms with Crippen LogP contribution in [0.15, 0.2) is 48.5 Å². The molecule has 27 heavy (non-hydrogen) atoms. The number of fused-ring (bicyclic) bond motifs is 3. The molecule has 0 aliphatic carbocycles. The lowest BCUT2D eigenvalue weighted by Gasteiger charge is -2.11. The van der Waals surface area contributed by atoms with Gasteiger partial charge in [0, 0.05) is 26.9 Å². The van der Waals surface area contributed by atoms with Crippen molar-refractivity contribution >= 4 is 39.3 Å². The maximum absolute atomic E-state index is 14.4. The molecule has 4 rings (SSSR count). The molecule has 4 aromatic rings. The molecule has 0 fully saturated rings. The van der Waals surface area contributed by atoms with E-state index in [0.717, 1.165) is 0 Å². The van der Waals surface area contributed by atoms with Crippen molar-refractivity contribution in [3.8, 4) is 0 Å². The second-order valence-electron chi connectivity index (χ2n) is 6.28. The van der Waals surface area contributed by atoms with Crippen LogP contribution in [0.3, 0.4) is 0 Å². The summed E-state index contributed by atoms with van der Waals surface area (Å²) in [6, 6.07) is 16.4. The Morgan fingerprint density at radius 3 is 2.70 bits per heavy atom. The highest BCUT2D eigenvalue weighted by Crippen LogP contribution is 2.33. The molecule has 0 unspecified atom stereocenters. The van der Waals surface area contributed by atoms with E-state index >= 15 is 0 Å². The fourth-order valence-corrected chi connectivity index (χ4v) is 3.63. The molecule has 0 bridgehead atoms. The molecule has 0 spiro atoms. The van der Waals surface area contributed by atoms with Crippen molar-refractivity contribution in [3.05, 3.63) is 82.1 Å². The molecule has 4 nitrogen and oxygen atoms in total. The number of halogens is 2. The number of benzene rings is 3. The monoisotopic (exact) mass is 381 g/mol. The van der Waals surface area contributed by atoms with Gasteiger partial charge in [-0.15, -0.1) is 0 Å². The molecule has 3 N–H and O–H groups in total. The SMILES string of the molecule is NC(=O)c1cccc2c1c1[c]cc(CO)cc1n2Cc1c(F)cccc1Cl. The fraction of sp³-hybridized carbons (Fsp3) is 0.0952. The summed E-state index contributed by atoms with van der Waals surface area (Å²) in [5.41, 5.74) is 8.35. The van der Waals surface area contributed by atoms with Crippen molar-refractivity contribution < 1.29 is 14.3 Å². The molecule has 1 aromatic heterocycles. The van der Waals surface area contributed by atoms with Crippen LogP contribution in [-0.2, 0) is 13.2 Å². The normalized spacial score (nSPS) is 11.4. The summed E-state index contributed by atoms with van der Waals surface area (Å²) >= 11 is 6.21. The number of aliphatic hydroxyl groups excluding tert-OH is 1. The van der Waals surface area contributed by atoms with Crippen molar-refractivity contribution in [2.45, 2.75) is 13.2 Å². The minimum atomic E-state index is -0.553. The van der Waals surface area contributed by atoms with Crippen molar-refractivity contribution in [1.29, 1.82) is 0 Å². The summed E-state index contributed by atoms with van der Waals surface area (Å²) in [5.74, 6) is -0.964. The Morgan fingerprint density at radius 1 is 1.22 bits per heavy atom. The van der Waals surface area contributed by atoms with Gasteiger partial charge in [0.15, 0.2) is 0 Å². The molecule has 0 aliphatic rings. The molecule has 0 saturated heterocycles. The number of aromatic nitrogens is 1. The van der Waals surface area contributed by atoms with Gasteiger partial charge in [0.2, 0.25) is 5.91 Å². The number of hydrogen-bond donors (Lipinski definition) is 2. The summed E-state index contributed by atoms with van der Waals surface area (Å²) < 4.78 is 16.2. The largest absolute Gasteiger partial charge is 0.392 e. The van der Waals surface area contributed by atoms with Crippen LogP contribution in [0.2, 0.25) is 5.02 Å². The summed E-state index contributed by atoms with van der Waals surface area (Å²) in [6.07, 6.45) is 0. The summed E-state index contributed by atoms with van der Waals surface area (Å²) in [4.78, 5) is 11.9. The zero-order valence-electron chi connectivity index (χ0n) is 14.2. The van der Waals surface area contributed by atoms with Gasteiger partial charge in [-0.05, 0) is 48.0 Å². The first-order chi connectivity index (χ1) is 13.0. The van der Waals surface area contributed by atoms with Crippen LogP contribution < -0.4 is 5.73 Å². The third kappa shape index (κ3) is 2.85. The standard InChI is InChI=1S/C21H15ClFN2O2/c22-16-4-2-5-17(23)15(16)10-25-18-6-1-3-14(21(24)27)20(18)13-8-7-12(11-26)9-19(13)25/h1-7,9,26H,10-11H2,(H2,24,27). The number of carbonyl (C=O) groups is 1. The number of carbonyl (C=O) groups excluding carboxylic acids is 1. The van der Waals surface area contributed by atoms with Crippen LogP contribution in [0.4, 0.5) is 4.39 Å². The Labute approximate surface area is 159 Å². The third-order valence-electron chi connectivity index (χ3n) is 4.68. The lowest BCUT2D eigenvalue weighted by atomic mass is 10.0. The second-order valence-corrected chi connectivity index (χ2v) is 6.68. The van der Waals surface area contributed by atoms with Crippen molar-refractivity contribution in [1.82, 2.24) is 4.57 Å². The first-order valence-electron chi connectivity index (χ1n) is 8.30. The summed E-state index contributed by atoms with van der Waals surface area (Å²) in [6.45, 7) is 0.00748. The van der Waals surface area contributed by atoms with Gasteiger partial charge in [-0.2, -0.15) is 0 Å². The Kier molecular flexibility index (Phi) is 4.34. The third-order valence-corrected chi connectivity index (χ3v) is 5.03. The van der Waals surface area contributed by atoms with Gasteiger partial charge in [0.25, 0.3) is 0 Å². The van der Waals surface area contributed by atoms with Crippen LogP contribution >= 0.6 is 11.6 Å². The van der Waals surface area contributed by atoms with E-state index in [2.05, 4.69) is 6.07 Å². The van der Waals surface area contributed by atoms with Gasteiger partial charge in [-0.1, -0.05) is 23.7 Å². The number of amides is 1. The van der Waals surface area contributed by atoms with Crippen molar-refractivity contribution in [2.75, 3.05) is 0 Å². The minimum Gasteiger partial charge on any atom is -0.392 e. The van der Waals surface area contributed by atoms with Gasteiger partial charge >= 0.3 is 0 Å². The number of nitrogens with two attached hydrogens (primary N) is 1. The topological polar surface area (TPSA) is 68.2 Å². The molecule has 0 atom stereocenters. The number of hydrogen-bond acceptors (Lipinski definition) is 2. The Bertz CT molecular complexity index is 1180. The molecule has 0 saturated carbocycles. The molecule has 1 radical (unpaired) electrons. The van der Waals surface area contributed by atoms with E-state index in [-0.39, 0.29) is 13.2 Å². The lowest BCUT2D eigenvalue weighted by molar-refractivity contribution is 0.100. The van der Waals surface area contributed by atoms with Crippen LogP contribution in [-0.4, -0.2) is 15.6 Å². The first-order valence-corrected chi connectivity index (χ1v) is 8.68. The van der Waals surface area contributed by atoms with Crippen molar-refractivity contribution in [2.24, 2.45) is 5.73 Å². The van der Waals surface area contributed by atoms with E-state index in [1.807, 2.05) is 10.6 Å². The zero-order valence-corrected chi connectivity index (χ0v) is 14.9. The van der Waals surface area contributed by atoms with Crippen LogP contribution in [0, 0.1) is 11.9 Å². The molecule has 6 heteroatoms. The van der Waals surface area contributed by atoms with Gasteiger partial charge in [-0.25, -0.2) is 4.39 Å². The Hall–Kier alpha value is -2.89. The Balaban J connectivity index is 2.08. The Morgan fingerprint density at radius 2 is 2.00 bits per heavy atom. The van der Waals surface area contributed by atoms with Gasteiger partial charge in [0.05, 0.1) is 24.2 Å². The highest BCUT2D eigenvalue weighted by molar-refractivity contribution is 6.31. The average Bonchev–Trinajstić information content (AvgIpc) is 2.97. The maximum Gasteiger partial charge on any atom is 0.249 e. The first kappa shape index (κ1) is 17.5. The molecule has 1 amide bonds. The number of aliphatic hydroxyl groups is 1. The number of primary amides is 1. The van der Waals surface area contributed by atoms with Crippen molar-refractivity contribution in [3.63, 3.8) is 0 Å². The lowest BCUT2D eigenvalue weighted by Crippen LogP contribution is -2.11. The molecular formula is C21H15ClFN2O2. The van der Waals surface area contributed by atoms with E-state index in [1.165, 1.54) is 6.07 Å². The maximum atomic E-state index is 14.4. The van der Waals surface area contributed by atoms with E-state index in [1.54, 1.807) is 36.4 Å². The average molecular weight is 382 g/mol. The molecule has 135 valence electrons. The van der Waals surface area contributed by atoms with Crippen LogP contribution in [0.25, 0.3) is 21.8 Å². The zero-order chi connectivity index (χ0) is 19.1. The molecule has 3 aromatic carbocycles. The van der Waals surface area contributed by atoms with Crippen LogP contribution in [0.1, 0.15) is 21.5 Å². The predicted octanol–water partition coefficient (Wildman–Crippen LogP) is 4.03. The van der Waals surface area contributed by atoms with Gasteiger partial charge < -0.3 is 15.4 Å². The van der Waals surface area contributed by atoms with E-state index in [9.17, 15) is 14.3 Å². The van der Waals surface area contributed by atoms with Gasteiger partial charge in [-0.3, -0.25) is 4.79 Å².